The molecule has 1 fully saturated rings. The zero-order valence-corrected chi connectivity index (χ0v) is 12.0. The van der Waals surface area contributed by atoms with Gasteiger partial charge in [0.2, 0.25) is 0 Å². The second-order valence-electron chi connectivity index (χ2n) is 5.65. The first-order chi connectivity index (χ1) is 8.53. The standard InChI is InChI=1S/C14H27N3O/c1-12(2)17(9-10-18-3)8-6-13-5-4-7-14(13,16)11-15/h12-13H,4-10,16H2,1-3H3. The van der Waals surface area contributed by atoms with Crippen LogP contribution in [0.25, 0.3) is 0 Å². The third kappa shape index (κ3) is 3.94. The Balaban J connectivity index is 2.44. The normalized spacial score (nSPS) is 27.9. The van der Waals surface area contributed by atoms with Crippen LogP contribution in [0.4, 0.5) is 0 Å². The third-order valence-corrected chi connectivity index (χ3v) is 4.16. The van der Waals surface area contributed by atoms with E-state index < -0.39 is 5.54 Å². The molecule has 0 aromatic carbocycles. The monoisotopic (exact) mass is 253 g/mol. The van der Waals surface area contributed by atoms with Crippen LogP contribution < -0.4 is 5.73 Å². The lowest BCUT2D eigenvalue weighted by Crippen LogP contribution is -2.44. The van der Waals surface area contributed by atoms with E-state index in [1.54, 1.807) is 7.11 Å². The van der Waals surface area contributed by atoms with Gasteiger partial charge < -0.3 is 10.5 Å². The van der Waals surface area contributed by atoms with Crippen molar-refractivity contribution in [2.75, 3.05) is 26.8 Å². The predicted molar refractivity (Wildman–Crippen MR) is 73.1 cm³/mol. The summed E-state index contributed by atoms with van der Waals surface area (Å²) in [6, 6.07) is 2.83. The van der Waals surface area contributed by atoms with Crippen molar-refractivity contribution in [3.63, 3.8) is 0 Å². The molecule has 0 aromatic rings. The Morgan fingerprint density at radius 2 is 2.22 bits per heavy atom. The fourth-order valence-corrected chi connectivity index (χ4v) is 2.81. The molecule has 0 radical (unpaired) electrons. The van der Waals surface area contributed by atoms with E-state index in [-0.39, 0.29) is 0 Å². The summed E-state index contributed by atoms with van der Waals surface area (Å²) in [5, 5.41) is 9.20. The molecule has 0 amide bonds. The van der Waals surface area contributed by atoms with Crippen LogP contribution in [-0.4, -0.2) is 43.3 Å². The number of ether oxygens (including phenoxy) is 1. The summed E-state index contributed by atoms with van der Waals surface area (Å²) in [6.07, 6.45) is 4.06. The van der Waals surface area contributed by atoms with E-state index in [4.69, 9.17) is 10.5 Å². The lowest BCUT2D eigenvalue weighted by molar-refractivity contribution is 0.122. The summed E-state index contributed by atoms with van der Waals surface area (Å²) in [6.45, 7) is 7.11. The van der Waals surface area contributed by atoms with Crippen LogP contribution in [0.15, 0.2) is 0 Å². The molecule has 4 nitrogen and oxygen atoms in total. The first-order valence-electron chi connectivity index (χ1n) is 6.96. The predicted octanol–water partition coefficient (Wildman–Crippen LogP) is 1.75. The van der Waals surface area contributed by atoms with Crippen LogP contribution in [0.1, 0.15) is 39.5 Å². The van der Waals surface area contributed by atoms with Crippen molar-refractivity contribution in [2.45, 2.75) is 51.1 Å². The SMILES string of the molecule is COCCN(CCC1CCCC1(N)C#N)C(C)C. The second-order valence-corrected chi connectivity index (χ2v) is 5.65. The van der Waals surface area contributed by atoms with Gasteiger partial charge in [0.15, 0.2) is 0 Å². The molecular weight excluding hydrogens is 226 g/mol. The largest absolute Gasteiger partial charge is 0.383 e. The third-order valence-electron chi connectivity index (χ3n) is 4.16. The van der Waals surface area contributed by atoms with E-state index in [1.807, 2.05) is 0 Å². The first-order valence-corrected chi connectivity index (χ1v) is 6.96. The van der Waals surface area contributed by atoms with Gasteiger partial charge in [0.25, 0.3) is 0 Å². The summed E-state index contributed by atoms with van der Waals surface area (Å²) in [5.41, 5.74) is 5.58. The number of hydrogen-bond donors (Lipinski definition) is 1. The average Bonchev–Trinajstić information content (AvgIpc) is 2.71. The van der Waals surface area contributed by atoms with Gasteiger partial charge in [0.1, 0.15) is 5.54 Å². The molecule has 2 N–H and O–H groups in total. The van der Waals surface area contributed by atoms with E-state index in [0.29, 0.717) is 12.0 Å². The molecule has 0 saturated heterocycles. The molecule has 0 bridgehead atoms. The molecule has 0 heterocycles. The van der Waals surface area contributed by atoms with Gasteiger partial charge >= 0.3 is 0 Å². The minimum absolute atomic E-state index is 0.353. The summed E-state index contributed by atoms with van der Waals surface area (Å²) in [5.74, 6) is 0.353. The molecule has 1 rings (SSSR count). The van der Waals surface area contributed by atoms with Gasteiger partial charge in [0.05, 0.1) is 12.7 Å². The van der Waals surface area contributed by atoms with Crippen molar-refractivity contribution in [3.05, 3.63) is 0 Å². The van der Waals surface area contributed by atoms with Crippen molar-refractivity contribution >= 4 is 0 Å². The van der Waals surface area contributed by atoms with Crippen LogP contribution in [0.2, 0.25) is 0 Å². The zero-order valence-electron chi connectivity index (χ0n) is 12.0. The van der Waals surface area contributed by atoms with Gasteiger partial charge in [-0.15, -0.1) is 0 Å². The fraction of sp³-hybridized carbons (Fsp3) is 0.929. The Bertz CT molecular complexity index is 287. The first kappa shape index (κ1) is 15.4. The fourth-order valence-electron chi connectivity index (χ4n) is 2.81. The lowest BCUT2D eigenvalue weighted by atomic mass is 9.87. The Hall–Kier alpha value is -0.630. The highest BCUT2D eigenvalue weighted by Gasteiger charge is 2.39. The molecule has 2 atom stereocenters. The number of nitrogens with two attached hydrogens (primary N) is 1. The number of nitrogens with zero attached hydrogens (tertiary/aromatic N) is 2. The molecule has 2 unspecified atom stereocenters. The van der Waals surface area contributed by atoms with Crippen LogP contribution in [0.3, 0.4) is 0 Å². The number of methoxy groups -OCH3 is 1. The Labute approximate surface area is 111 Å². The lowest BCUT2D eigenvalue weighted by Gasteiger charge is -2.30. The van der Waals surface area contributed by atoms with E-state index in [0.717, 1.165) is 45.4 Å². The van der Waals surface area contributed by atoms with Gasteiger partial charge in [-0.2, -0.15) is 5.26 Å². The molecule has 0 spiro atoms. The highest BCUT2D eigenvalue weighted by molar-refractivity contribution is 5.11. The number of nitriles is 1. The van der Waals surface area contributed by atoms with Gasteiger partial charge in [0, 0.05) is 19.7 Å². The van der Waals surface area contributed by atoms with Crippen molar-refractivity contribution in [3.8, 4) is 6.07 Å². The molecule has 18 heavy (non-hydrogen) atoms. The quantitative estimate of drug-likeness (QED) is 0.751. The summed E-state index contributed by atoms with van der Waals surface area (Å²) in [7, 11) is 1.73. The molecule has 1 saturated carbocycles. The minimum atomic E-state index is -0.579. The van der Waals surface area contributed by atoms with E-state index in [1.165, 1.54) is 0 Å². The topological polar surface area (TPSA) is 62.3 Å². The Kier molecular flexibility index (Phi) is 6.07. The summed E-state index contributed by atoms with van der Waals surface area (Å²) >= 11 is 0. The van der Waals surface area contributed by atoms with Crippen molar-refractivity contribution in [1.29, 1.82) is 5.26 Å². The maximum Gasteiger partial charge on any atom is 0.107 e. The van der Waals surface area contributed by atoms with E-state index in [2.05, 4.69) is 24.8 Å². The maximum absolute atomic E-state index is 9.20. The van der Waals surface area contributed by atoms with Gasteiger partial charge in [-0.25, -0.2) is 0 Å². The second kappa shape index (κ2) is 7.08. The summed E-state index contributed by atoms with van der Waals surface area (Å²) in [4.78, 5) is 2.40. The van der Waals surface area contributed by atoms with Gasteiger partial charge in [-0.1, -0.05) is 6.42 Å². The molecule has 1 aliphatic carbocycles. The van der Waals surface area contributed by atoms with Crippen LogP contribution in [0.5, 0.6) is 0 Å². The smallest absolute Gasteiger partial charge is 0.107 e. The number of hydrogen-bond acceptors (Lipinski definition) is 4. The van der Waals surface area contributed by atoms with Crippen LogP contribution in [0, 0.1) is 17.2 Å². The zero-order chi connectivity index (χ0) is 13.6. The van der Waals surface area contributed by atoms with Gasteiger partial charge in [-0.3, -0.25) is 4.90 Å². The highest BCUT2D eigenvalue weighted by Crippen LogP contribution is 2.35. The Morgan fingerprint density at radius 3 is 2.78 bits per heavy atom. The van der Waals surface area contributed by atoms with Crippen molar-refractivity contribution < 1.29 is 4.74 Å². The molecule has 0 aromatic heterocycles. The van der Waals surface area contributed by atoms with Crippen LogP contribution >= 0.6 is 0 Å². The van der Waals surface area contributed by atoms with Crippen molar-refractivity contribution in [2.24, 2.45) is 11.7 Å². The molecule has 0 aliphatic heterocycles. The maximum atomic E-state index is 9.20. The van der Waals surface area contributed by atoms with E-state index >= 15 is 0 Å². The highest BCUT2D eigenvalue weighted by atomic mass is 16.5. The minimum Gasteiger partial charge on any atom is -0.383 e. The van der Waals surface area contributed by atoms with E-state index in [9.17, 15) is 5.26 Å². The molecule has 4 heteroatoms. The van der Waals surface area contributed by atoms with Crippen molar-refractivity contribution in [1.82, 2.24) is 4.90 Å². The molecule has 104 valence electrons. The number of rotatable bonds is 7. The van der Waals surface area contributed by atoms with Gasteiger partial charge in [-0.05, 0) is 45.6 Å². The van der Waals surface area contributed by atoms with Crippen LogP contribution in [-0.2, 0) is 4.74 Å². The molecular formula is C14H27N3O. The average molecular weight is 253 g/mol. The Morgan fingerprint density at radius 1 is 1.50 bits per heavy atom. The molecule has 1 aliphatic rings. The summed E-state index contributed by atoms with van der Waals surface area (Å²) < 4.78 is 5.14.